The fourth-order valence-electron chi connectivity index (χ4n) is 2.01. The van der Waals surface area contributed by atoms with Gasteiger partial charge in [-0.15, -0.1) is 0 Å². The smallest absolute Gasteiger partial charge is 0.314 e. The van der Waals surface area contributed by atoms with Gasteiger partial charge in [0.25, 0.3) is 10.1 Å². The number of hydrogen-bond acceptors (Lipinski definition) is 6. The molecule has 140 valence electrons. The van der Waals surface area contributed by atoms with Gasteiger partial charge in [0.05, 0.1) is 9.82 Å². The number of aryl methyl sites for hydroxylation is 1. The van der Waals surface area contributed by atoms with E-state index in [9.17, 15) is 27.3 Å². The lowest BCUT2D eigenvalue weighted by molar-refractivity contribution is -0.386. The van der Waals surface area contributed by atoms with Crippen molar-refractivity contribution >= 4 is 15.8 Å². The Morgan fingerprint density at radius 3 is 2.35 bits per heavy atom. The summed E-state index contributed by atoms with van der Waals surface area (Å²) in [4.78, 5) is 9.86. The molecule has 26 heavy (non-hydrogen) atoms. The maximum atomic E-state index is 13.8. The Labute approximate surface area is 148 Å². The van der Waals surface area contributed by atoms with Crippen molar-refractivity contribution in [2.24, 2.45) is 0 Å². The van der Waals surface area contributed by atoms with Crippen LogP contribution >= 0.6 is 0 Å². The SMILES string of the molecule is Cc1ccc(S(=O)(=O)OC(C)COc2c([N+](=O)[O-])ccc(F)c2F)cc1. The summed E-state index contributed by atoms with van der Waals surface area (Å²) >= 11 is 0. The molecule has 0 radical (unpaired) electrons. The summed E-state index contributed by atoms with van der Waals surface area (Å²) < 4.78 is 61.1. The predicted molar refractivity (Wildman–Crippen MR) is 87.4 cm³/mol. The van der Waals surface area contributed by atoms with Gasteiger partial charge in [-0.05, 0) is 32.0 Å². The third kappa shape index (κ3) is 4.52. The first-order valence-electron chi connectivity index (χ1n) is 7.37. The molecule has 0 aromatic heterocycles. The van der Waals surface area contributed by atoms with Gasteiger partial charge in [-0.2, -0.15) is 12.8 Å². The van der Waals surface area contributed by atoms with Crippen LogP contribution in [0.3, 0.4) is 0 Å². The summed E-state index contributed by atoms with van der Waals surface area (Å²) in [6.07, 6.45) is -1.11. The molecule has 2 aromatic rings. The molecule has 1 atom stereocenters. The van der Waals surface area contributed by atoms with Crippen molar-refractivity contribution in [2.45, 2.75) is 24.8 Å². The highest BCUT2D eigenvalue weighted by Gasteiger charge is 2.25. The molecule has 0 spiro atoms. The molecule has 0 aliphatic carbocycles. The van der Waals surface area contributed by atoms with E-state index in [4.69, 9.17) is 8.92 Å². The zero-order chi connectivity index (χ0) is 19.5. The Balaban J connectivity index is 2.12. The zero-order valence-electron chi connectivity index (χ0n) is 13.8. The van der Waals surface area contributed by atoms with Crippen LogP contribution < -0.4 is 4.74 Å². The molecule has 0 aliphatic rings. The number of hydrogen-bond donors (Lipinski definition) is 0. The summed E-state index contributed by atoms with van der Waals surface area (Å²) in [6.45, 7) is 2.55. The predicted octanol–water partition coefficient (Wildman–Crippen LogP) is 3.35. The number of rotatable bonds is 7. The number of nitro groups is 1. The van der Waals surface area contributed by atoms with E-state index in [1.807, 2.05) is 0 Å². The van der Waals surface area contributed by atoms with Crippen LogP contribution in [0.5, 0.6) is 5.75 Å². The quantitative estimate of drug-likeness (QED) is 0.411. The number of nitro benzene ring substituents is 1. The molecule has 0 N–H and O–H groups in total. The van der Waals surface area contributed by atoms with Crippen molar-refractivity contribution in [2.75, 3.05) is 6.61 Å². The monoisotopic (exact) mass is 387 g/mol. The van der Waals surface area contributed by atoms with Gasteiger partial charge < -0.3 is 4.74 Å². The molecular formula is C16H15F2NO6S. The van der Waals surface area contributed by atoms with Crippen molar-refractivity contribution in [1.82, 2.24) is 0 Å². The van der Waals surface area contributed by atoms with Gasteiger partial charge >= 0.3 is 5.69 Å². The van der Waals surface area contributed by atoms with Crippen molar-refractivity contribution < 1.29 is 31.0 Å². The van der Waals surface area contributed by atoms with Crippen LogP contribution in [0.15, 0.2) is 41.3 Å². The van der Waals surface area contributed by atoms with Gasteiger partial charge in [0.2, 0.25) is 11.6 Å². The van der Waals surface area contributed by atoms with Crippen LogP contribution in [0.4, 0.5) is 14.5 Å². The van der Waals surface area contributed by atoms with Gasteiger partial charge in [-0.1, -0.05) is 17.7 Å². The Hall–Kier alpha value is -2.59. The highest BCUT2D eigenvalue weighted by atomic mass is 32.2. The molecular weight excluding hydrogens is 372 g/mol. The van der Waals surface area contributed by atoms with Gasteiger partial charge in [0.15, 0.2) is 5.82 Å². The lowest BCUT2D eigenvalue weighted by Crippen LogP contribution is -2.23. The van der Waals surface area contributed by atoms with E-state index in [1.54, 1.807) is 19.1 Å². The zero-order valence-corrected chi connectivity index (χ0v) is 14.6. The number of nitrogens with zero attached hydrogens (tertiary/aromatic N) is 1. The van der Waals surface area contributed by atoms with E-state index in [-0.39, 0.29) is 4.90 Å². The minimum atomic E-state index is -4.11. The molecule has 0 saturated carbocycles. The Morgan fingerprint density at radius 2 is 1.77 bits per heavy atom. The molecule has 2 aromatic carbocycles. The van der Waals surface area contributed by atoms with Crippen LogP contribution in [-0.2, 0) is 14.3 Å². The van der Waals surface area contributed by atoms with E-state index in [1.165, 1.54) is 19.1 Å². The normalized spacial score (nSPS) is 12.6. The van der Waals surface area contributed by atoms with E-state index < -0.39 is 50.8 Å². The summed E-state index contributed by atoms with van der Waals surface area (Å²) in [7, 11) is -4.11. The largest absolute Gasteiger partial charge is 0.482 e. The van der Waals surface area contributed by atoms with Crippen LogP contribution in [0.2, 0.25) is 0 Å². The molecule has 0 heterocycles. The van der Waals surface area contributed by atoms with Crippen LogP contribution in [0.1, 0.15) is 12.5 Å². The van der Waals surface area contributed by atoms with Crippen LogP contribution in [0, 0.1) is 28.7 Å². The highest BCUT2D eigenvalue weighted by Crippen LogP contribution is 2.31. The van der Waals surface area contributed by atoms with Crippen LogP contribution in [0.25, 0.3) is 0 Å². The topological polar surface area (TPSA) is 95.7 Å². The first kappa shape index (κ1) is 19.7. The summed E-state index contributed by atoms with van der Waals surface area (Å²) in [5, 5.41) is 10.9. The van der Waals surface area contributed by atoms with Crippen molar-refractivity contribution in [1.29, 1.82) is 0 Å². The van der Waals surface area contributed by atoms with E-state index in [0.717, 1.165) is 11.6 Å². The molecule has 2 rings (SSSR count). The Morgan fingerprint density at radius 1 is 1.15 bits per heavy atom. The molecule has 0 aliphatic heterocycles. The third-order valence-corrected chi connectivity index (χ3v) is 4.72. The lowest BCUT2D eigenvalue weighted by Gasteiger charge is -2.15. The minimum Gasteiger partial charge on any atom is -0.482 e. The Bertz CT molecular complexity index is 915. The first-order valence-corrected chi connectivity index (χ1v) is 8.78. The molecule has 0 saturated heterocycles. The molecule has 0 bridgehead atoms. The first-order chi connectivity index (χ1) is 12.1. The number of ether oxygens (including phenoxy) is 1. The Kier molecular flexibility index (Phi) is 5.88. The van der Waals surface area contributed by atoms with Crippen molar-refractivity contribution in [3.8, 4) is 5.75 Å². The molecule has 0 fully saturated rings. The maximum Gasteiger partial charge on any atom is 0.314 e. The van der Waals surface area contributed by atoms with Gasteiger partial charge in [-0.3, -0.25) is 14.3 Å². The van der Waals surface area contributed by atoms with Gasteiger partial charge in [-0.25, -0.2) is 4.39 Å². The average molecular weight is 387 g/mol. The molecule has 0 amide bonds. The standard InChI is InChI=1S/C16H15F2NO6S/c1-10-3-5-12(6-4-10)26(22,23)25-11(2)9-24-16-14(19(20)21)8-7-13(17)15(16)18/h3-8,11H,9H2,1-2H3. The average Bonchev–Trinajstić information content (AvgIpc) is 2.55. The molecule has 7 nitrogen and oxygen atoms in total. The maximum absolute atomic E-state index is 13.8. The van der Waals surface area contributed by atoms with E-state index in [2.05, 4.69) is 0 Å². The second kappa shape index (κ2) is 7.75. The lowest BCUT2D eigenvalue weighted by atomic mass is 10.2. The number of halogens is 2. The van der Waals surface area contributed by atoms with Gasteiger partial charge in [0.1, 0.15) is 12.7 Å². The number of benzene rings is 2. The third-order valence-electron chi connectivity index (χ3n) is 3.29. The van der Waals surface area contributed by atoms with Gasteiger partial charge in [0, 0.05) is 6.07 Å². The molecule has 10 heteroatoms. The van der Waals surface area contributed by atoms with Crippen molar-refractivity contribution in [3.63, 3.8) is 0 Å². The summed E-state index contributed by atoms with van der Waals surface area (Å²) in [5.74, 6) is -3.78. The summed E-state index contributed by atoms with van der Waals surface area (Å²) in [6, 6.07) is 7.24. The summed E-state index contributed by atoms with van der Waals surface area (Å²) in [5.41, 5.74) is 0.0757. The fraction of sp³-hybridized carbons (Fsp3) is 0.250. The second-order valence-electron chi connectivity index (χ2n) is 5.45. The van der Waals surface area contributed by atoms with Crippen molar-refractivity contribution in [3.05, 3.63) is 63.7 Å². The van der Waals surface area contributed by atoms with E-state index >= 15 is 0 Å². The van der Waals surface area contributed by atoms with E-state index in [0.29, 0.717) is 6.07 Å². The highest BCUT2D eigenvalue weighted by molar-refractivity contribution is 7.86. The molecule has 1 unspecified atom stereocenters. The van der Waals surface area contributed by atoms with Crippen LogP contribution in [-0.4, -0.2) is 26.1 Å². The second-order valence-corrected chi connectivity index (χ2v) is 7.02. The fourth-order valence-corrected chi connectivity index (χ4v) is 3.08. The minimum absolute atomic E-state index is 0.0853.